The molecule has 1 amide bonds. The van der Waals surface area contributed by atoms with E-state index in [9.17, 15) is 4.79 Å². The fourth-order valence-electron chi connectivity index (χ4n) is 4.02. The zero-order chi connectivity index (χ0) is 19.1. The van der Waals surface area contributed by atoms with Gasteiger partial charge < -0.3 is 20.3 Å². The van der Waals surface area contributed by atoms with Crippen LogP contribution in [0.5, 0.6) is 0 Å². The molecule has 162 valence electrons. The van der Waals surface area contributed by atoms with Crippen molar-refractivity contribution in [1.82, 2.24) is 20.4 Å². The molecule has 0 unspecified atom stereocenters. The van der Waals surface area contributed by atoms with E-state index in [1.165, 1.54) is 25.7 Å². The van der Waals surface area contributed by atoms with Gasteiger partial charge in [0.05, 0.1) is 13.2 Å². The van der Waals surface area contributed by atoms with Crippen LogP contribution in [0.2, 0.25) is 0 Å². The molecule has 28 heavy (non-hydrogen) atoms. The maximum atomic E-state index is 12.0. The Morgan fingerprint density at radius 1 is 1.11 bits per heavy atom. The van der Waals surface area contributed by atoms with Crippen LogP contribution in [0.1, 0.15) is 32.6 Å². The number of aliphatic imine (C=N–C) groups is 1. The van der Waals surface area contributed by atoms with Crippen LogP contribution in [0.3, 0.4) is 0 Å². The Labute approximate surface area is 187 Å². The lowest BCUT2D eigenvalue weighted by Gasteiger charge is -2.36. The minimum Gasteiger partial charge on any atom is -0.383 e. The summed E-state index contributed by atoms with van der Waals surface area (Å²) in [6.07, 6.45) is 5.66. The van der Waals surface area contributed by atoms with Gasteiger partial charge in [-0.15, -0.1) is 24.0 Å². The number of hydrogen-bond donors (Lipinski definition) is 2. The minimum atomic E-state index is 0. The molecular weight excluding hydrogens is 469 g/mol. The van der Waals surface area contributed by atoms with Crippen LogP contribution in [-0.4, -0.2) is 87.7 Å². The van der Waals surface area contributed by atoms with Crippen LogP contribution in [-0.2, 0) is 9.53 Å². The Kier molecular flexibility index (Phi) is 10.3. The third kappa shape index (κ3) is 7.67. The second kappa shape index (κ2) is 12.2. The summed E-state index contributed by atoms with van der Waals surface area (Å²) in [5.74, 6) is 3.84. The second-order valence-electron chi connectivity index (χ2n) is 8.14. The lowest BCUT2D eigenvalue weighted by atomic mass is 9.98. The Bertz CT molecular complexity index is 491. The molecule has 7 nitrogen and oxygen atoms in total. The largest absolute Gasteiger partial charge is 0.383 e. The van der Waals surface area contributed by atoms with Crippen molar-refractivity contribution in [2.24, 2.45) is 22.7 Å². The van der Waals surface area contributed by atoms with Crippen LogP contribution in [0.15, 0.2) is 4.99 Å². The van der Waals surface area contributed by atoms with Gasteiger partial charge in [-0.3, -0.25) is 14.7 Å². The van der Waals surface area contributed by atoms with E-state index >= 15 is 0 Å². The summed E-state index contributed by atoms with van der Waals surface area (Å²) in [6, 6.07) is 0. The van der Waals surface area contributed by atoms with Crippen LogP contribution in [0.4, 0.5) is 0 Å². The first-order valence-corrected chi connectivity index (χ1v) is 10.7. The van der Waals surface area contributed by atoms with Crippen molar-refractivity contribution in [3.05, 3.63) is 0 Å². The van der Waals surface area contributed by atoms with E-state index < -0.39 is 0 Å². The van der Waals surface area contributed by atoms with Gasteiger partial charge in [0.1, 0.15) is 0 Å². The van der Waals surface area contributed by atoms with Crippen molar-refractivity contribution >= 4 is 35.8 Å². The minimum absolute atomic E-state index is 0. The smallest absolute Gasteiger partial charge is 0.234 e. The number of guanidine groups is 1. The highest BCUT2D eigenvalue weighted by Crippen LogP contribution is 2.49. The van der Waals surface area contributed by atoms with Crippen LogP contribution >= 0.6 is 24.0 Å². The predicted octanol–water partition coefficient (Wildman–Crippen LogP) is 1.39. The van der Waals surface area contributed by atoms with Crippen molar-refractivity contribution in [1.29, 1.82) is 0 Å². The fourth-order valence-corrected chi connectivity index (χ4v) is 4.02. The topological polar surface area (TPSA) is 69.2 Å². The number of ether oxygens (including phenoxy) is 1. The number of rotatable bonds is 10. The first-order chi connectivity index (χ1) is 13.2. The highest BCUT2D eigenvalue weighted by molar-refractivity contribution is 14.0. The molecule has 2 N–H and O–H groups in total. The molecular formula is C20H38IN5O2. The number of nitrogens with zero attached hydrogens (tertiary/aromatic N) is 3. The van der Waals surface area contributed by atoms with Gasteiger partial charge >= 0.3 is 0 Å². The van der Waals surface area contributed by atoms with Gasteiger partial charge in [-0.1, -0.05) is 0 Å². The number of halogens is 1. The maximum absolute atomic E-state index is 12.0. The first kappa shape index (κ1) is 23.7. The highest BCUT2D eigenvalue weighted by atomic mass is 127. The Morgan fingerprint density at radius 3 is 2.29 bits per heavy atom. The monoisotopic (exact) mass is 507 g/mol. The molecule has 3 rings (SSSR count). The second-order valence-corrected chi connectivity index (χ2v) is 8.14. The molecule has 3 fully saturated rings. The summed E-state index contributed by atoms with van der Waals surface area (Å²) in [6.45, 7) is 9.28. The Balaban J connectivity index is 0.00000280. The first-order valence-electron chi connectivity index (χ1n) is 10.7. The van der Waals surface area contributed by atoms with Gasteiger partial charge in [-0.2, -0.15) is 0 Å². The van der Waals surface area contributed by atoms with Gasteiger partial charge in [0.2, 0.25) is 5.91 Å². The predicted molar refractivity (Wildman–Crippen MR) is 123 cm³/mol. The summed E-state index contributed by atoms with van der Waals surface area (Å²) in [5.41, 5.74) is 0. The molecule has 0 bridgehead atoms. The normalized spacial score (nSPS) is 20.8. The van der Waals surface area contributed by atoms with E-state index in [1.54, 1.807) is 7.11 Å². The van der Waals surface area contributed by atoms with E-state index in [0.717, 1.165) is 63.0 Å². The van der Waals surface area contributed by atoms with Gasteiger partial charge in [0.25, 0.3) is 0 Å². The Morgan fingerprint density at radius 2 is 1.75 bits per heavy atom. The van der Waals surface area contributed by atoms with E-state index in [4.69, 9.17) is 9.73 Å². The SMILES string of the molecule is CCNC(=NCC(C1CC1)C1CC1)N1CCN(CC(=O)NCCOC)CC1.I. The van der Waals surface area contributed by atoms with Crippen molar-refractivity contribution in [2.75, 3.05) is 66.1 Å². The highest BCUT2D eigenvalue weighted by Gasteiger charge is 2.41. The fraction of sp³-hybridized carbons (Fsp3) is 0.900. The van der Waals surface area contributed by atoms with Crippen LogP contribution < -0.4 is 10.6 Å². The lowest BCUT2D eigenvalue weighted by molar-refractivity contribution is -0.122. The summed E-state index contributed by atoms with van der Waals surface area (Å²) < 4.78 is 4.97. The molecule has 8 heteroatoms. The zero-order valence-electron chi connectivity index (χ0n) is 17.5. The number of carbonyl (C=O) groups is 1. The van der Waals surface area contributed by atoms with E-state index in [0.29, 0.717) is 19.7 Å². The number of nitrogens with one attached hydrogen (secondary N) is 2. The summed E-state index contributed by atoms with van der Waals surface area (Å²) in [4.78, 5) is 21.6. The molecule has 0 atom stereocenters. The molecule has 1 saturated heterocycles. The van der Waals surface area contributed by atoms with Crippen molar-refractivity contribution in [3.63, 3.8) is 0 Å². The van der Waals surface area contributed by atoms with Gasteiger partial charge in [0, 0.05) is 52.9 Å². The average Bonchev–Trinajstić information content (AvgIpc) is 3.56. The molecule has 3 aliphatic rings. The molecule has 2 aliphatic carbocycles. The van der Waals surface area contributed by atoms with E-state index in [2.05, 4.69) is 27.4 Å². The van der Waals surface area contributed by atoms with Crippen molar-refractivity contribution in [3.8, 4) is 0 Å². The van der Waals surface area contributed by atoms with Gasteiger partial charge in [0.15, 0.2) is 5.96 Å². The number of methoxy groups -OCH3 is 1. The molecule has 0 aromatic heterocycles. The molecule has 0 radical (unpaired) electrons. The quantitative estimate of drug-likeness (QED) is 0.203. The maximum Gasteiger partial charge on any atom is 0.234 e. The lowest BCUT2D eigenvalue weighted by Crippen LogP contribution is -2.54. The third-order valence-corrected chi connectivity index (χ3v) is 5.91. The van der Waals surface area contributed by atoms with Gasteiger partial charge in [-0.25, -0.2) is 0 Å². The molecule has 1 heterocycles. The van der Waals surface area contributed by atoms with E-state index in [-0.39, 0.29) is 29.9 Å². The standard InChI is InChI=1S/C20H37N5O2.HI/c1-3-21-20(23-14-18(16-4-5-16)17-6-7-17)25-11-9-24(10-12-25)15-19(26)22-8-13-27-2;/h16-18H,3-15H2,1-2H3,(H,21,23)(H,22,26);1H. The molecule has 0 spiro atoms. The van der Waals surface area contributed by atoms with Crippen molar-refractivity contribution < 1.29 is 9.53 Å². The summed E-state index contributed by atoms with van der Waals surface area (Å²) >= 11 is 0. The van der Waals surface area contributed by atoms with Crippen LogP contribution in [0.25, 0.3) is 0 Å². The number of hydrogen-bond acceptors (Lipinski definition) is 4. The number of piperazine rings is 1. The molecule has 0 aromatic rings. The van der Waals surface area contributed by atoms with Gasteiger partial charge in [-0.05, 0) is 50.4 Å². The molecule has 2 saturated carbocycles. The number of amides is 1. The Hall–Kier alpha value is -0.610. The molecule has 0 aromatic carbocycles. The molecule has 1 aliphatic heterocycles. The number of carbonyl (C=O) groups excluding carboxylic acids is 1. The van der Waals surface area contributed by atoms with E-state index in [1.807, 2.05) is 0 Å². The third-order valence-electron chi connectivity index (χ3n) is 5.91. The average molecular weight is 507 g/mol. The summed E-state index contributed by atoms with van der Waals surface area (Å²) in [5, 5.41) is 6.38. The summed E-state index contributed by atoms with van der Waals surface area (Å²) in [7, 11) is 1.65. The van der Waals surface area contributed by atoms with Crippen LogP contribution in [0, 0.1) is 17.8 Å². The zero-order valence-corrected chi connectivity index (χ0v) is 19.8. The van der Waals surface area contributed by atoms with Crippen molar-refractivity contribution in [2.45, 2.75) is 32.6 Å².